The van der Waals surface area contributed by atoms with E-state index in [0.717, 1.165) is 15.7 Å². The summed E-state index contributed by atoms with van der Waals surface area (Å²) in [5.74, 6) is 0.769. The summed E-state index contributed by atoms with van der Waals surface area (Å²) in [5, 5.41) is 15.0. The zero-order valence-corrected chi connectivity index (χ0v) is 17.1. The first-order valence-electron chi connectivity index (χ1n) is 9.66. The minimum absolute atomic E-state index is 0.0222. The minimum Gasteiger partial charge on any atom is -0.494 e. The molecule has 1 aliphatic rings. The lowest BCUT2D eigenvalue weighted by atomic mass is 9.99. The summed E-state index contributed by atoms with van der Waals surface area (Å²) in [4.78, 5) is 27.1. The molecule has 2 aromatic carbocycles. The van der Waals surface area contributed by atoms with Crippen molar-refractivity contribution in [2.45, 2.75) is 19.0 Å². The normalized spacial score (nSPS) is 15.3. The Morgan fingerprint density at radius 3 is 2.55 bits per heavy atom. The van der Waals surface area contributed by atoms with Crippen molar-refractivity contribution in [3.63, 3.8) is 0 Å². The quantitative estimate of drug-likeness (QED) is 0.557. The molecule has 9 heteroatoms. The van der Waals surface area contributed by atoms with Crippen LogP contribution in [0.2, 0.25) is 0 Å². The van der Waals surface area contributed by atoms with Gasteiger partial charge in [-0.2, -0.15) is 5.10 Å². The molecule has 0 saturated carbocycles. The Morgan fingerprint density at radius 2 is 1.84 bits per heavy atom. The number of hydrogen-bond donors (Lipinski definition) is 3. The molecule has 31 heavy (non-hydrogen) atoms. The lowest BCUT2D eigenvalue weighted by Gasteiger charge is -2.14. The monoisotopic (exact) mass is 422 g/mol. The Labute approximate surface area is 177 Å². The molecule has 1 atom stereocenters. The Bertz CT molecular complexity index is 1250. The first kappa shape index (κ1) is 20.3. The highest BCUT2D eigenvalue weighted by Gasteiger charge is 2.28. The molecule has 0 saturated heterocycles. The van der Waals surface area contributed by atoms with Crippen molar-refractivity contribution < 1.29 is 14.6 Å². The number of hydrogen-bond acceptors (Lipinski definition) is 7. The van der Waals surface area contributed by atoms with E-state index >= 15 is 0 Å². The van der Waals surface area contributed by atoms with Crippen LogP contribution in [0.1, 0.15) is 29.2 Å². The molecular weight excluding hydrogens is 400 g/mol. The Hall–Kier alpha value is -4.01. The van der Waals surface area contributed by atoms with Crippen LogP contribution in [0.3, 0.4) is 0 Å². The van der Waals surface area contributed by atoms with Crippen LogP contribution < -0.4 is 26.1 Å². The third kappa shape index (κ3) is 3.89. The topological polar surface area (TPSA) is 118 Å². The molecule has 1 aromatic heterocycles. The van der Waals surface area contributed by atoms with Crippen molar-refractivity contribution in [2.75, 3.05) is 14.2 Å². The fourth-order valence-corrected chi connectivity index (χ4v) is 3.59. The number of ether oxygens (including phenoxy) is 2. The van der Waals surface area contributed by atoms with Gasteiger partial charge in [-0.05, 0) is 23.3 Å². The predicted molar refractivity (Wildman–Crippen MR) is 115 cm³/mol. The van der Waals surface area contributed by atoms with Gasteiger partial charge in [0.25, 0.3) is 5.56 Å². The van der Waals surface area contributed by atoms with Gasteiger partial charge >= 0.3 is 5.69 Å². The van der Waals surface area contributed by atoms with Gasteiger partial charge in [0.05, 0.1) is 32.5 Å². The molecule has 0 radical (unpaired) electrons. The molecule has 0 bridgehead atoms. The third-order valence-corrected chi connectivity index (χ3v) is 5.21. The van der Waals surface area contributed by atoms with Gasteiger partial charge in [-0.3, -0.25) is 14.3 Å². The van der Waals surface area contributed by atoms with Gasteiger partial charge in [-0.25, -0.2) is 4.79 Å². The molecule has 0 spiro atoms. The zero-order chi connectivity index (χ0) is 22.0. The molecule has 9 nitrogen and oxygen atoms in total. The number of nitrogens with one attached hydrogen (secondary N) is 2. The van der Waals surface area contributed by atoms with Crippen LogP contribution in [0, 0.1) is 0 Å². The second-order valence-corrected chi connectivity index (χ2v) is 7.09. The van der Waals surface area contributed by atoms with E-state index in [-0.39, 0.29) is 18.2 Å². The average molecular weight is 422 g/mol. The van der Waals surface area contributed by atoms with Gasteiger partial charge in [0.15, 0.2) is 11.5 Å². The van der Waals surface area contributed by atoms with E-state index in [1.807, 2.05) is 42.5 Å². The Balaban J connectivity index is 1.64. The lowest BCUT2D eigenvalue weighted by Crippen LogP contribution is -2.34. The number of benzene rings is 2. The number of aromatic hydroxyl groups is 1. The van der Waals surface area contributed by atoms with E-state index in [2.05, 4.69) is 15.5 Å². The highest BCUT2D eigenvalue weighted by molar-refractivity contribution is 6.03. The van der Waals surface area contributed by atoms with Crippen molar-refractivity contribution in [3.8, 4) is 17.4 Å². The number of aromatic nitrogens is 2. The van der Waals surface area contributed by atoms with Gasteiger partial charge in [-0.1, -0.05) is 36.4 Å². The van der Waals surface area contributed by atoms with E-state index in [1.54, 1.807) is 20.3 Å². The fourth-order valence-electron chi connectivity index (χ4n) is 3.59. The van der Waals surface area contributed by atoms with Crippen LogP contribution >= 0.6 is 0 Å². The molecule has 3 aromatic rings. The largest absolute Gasteiger partial charge is 0.494 e. The maximum absolute atomic E-state index is 12.5. The maximum atomic E-state index is 12.5. The molecule has 0 aliphatic carbocycles. The standard InChI is InChI=1S/C22H22N4O5/c1-30-17-9-8-14(10-18(17)31-2)15-11-16(25-24-15)19-20(27)23-22(29)26(21(19)28)12-13-6-4-3-5-7-13/h3-10,15,24,28H,11-12H2,1-2H3,(H,23,27,29)/t15-/m1/s1. The van der Waals surface area contributed by atoms with Gasteiger partial charge in [0, 0.05) is 6.42 Å². The SMILES string of the molecule is COc1ccc([C@H]2CC(c3c(O)n(Cc4ccccc4)c(=O)[nH]c3=O)=NN2)cc1OC. The molecular formula is C22H22N4O5. The summed E-state index contributed by atoms with van der Waals surface area (Å²) in [6.45, 7) is 0.120. The molecule has 160 valence electrons. The number of aromatic amines is 1. The predicted octanol–water partition coefficient (Wildman–Crippen LogP) is 1.75. The summed E-state index contributed by atoms with van der Waals surface area (Å²) in [6.07, 6.45) is 0.343. The van der Waals surface area contributed by atoms with Gasteiger partial charge in [0.2, 0.25) is 5.88 Å². The van der Waals surface area contributed by atoms with Crippen molar-refractivity contribution in [1.82, 2.24) is 15.0 Å². The first-order chi connectivity index (χ1) is 15.0. The molecule has 0 fully saturated rings. The number of H-pyrrole nitrogens is 1. The van der Waals surface area contributed by atoms with Gasteiger partial charge in [-0.15, -0.1) is 0 Å². The van der Waals surface area contributed by atoms with E-state index in [0.29, 0.717) is 23.6 Å². The van der Waals surface area contributed by atoms with Crippen molar-refractivity contribution in [1.29, 1.82) is 0 Å². The Kier molecular flexibility index (Phi) is 5.48. The Morgan fingerprint density at radius 1 is 1.10 bits per heavy atom. The lowest BCUT2D eigenvalue weighted by molar-refractivity contribution is 0.354. The second-order valence-electron chi connectivity index (χ2n) is 7.09. The summed E-state index contributed by atoms with van der Waals surface area (Å²) < 4.78 is 11.7. The molecule has 3 N–H and O–H groups in total. The highest BCUT2D eigenvalue weighted by atomic mass is 16.5. The van der Waals surface area contributed by atoms with Crippen LogP contribution in [0.4, 0.5) is 0 Å². The second kappa shape index (κ2) is 8.39. The van der Waals surface area contributed by atoms with E-state index in [4.69, 9.17) is 9.47 Å². The number of hydrazone groups is 1. The van der Waals surface area contributed by atoms with Gasteiger partial charge in [0.1, 0.15) is 5.56 Å². The van der Waals surface area contributed by atoms with E-state index in [1.165, 1.54) is 0 Å². The van der Waals surface area contributed by atoms with Crippen LogP contribution in [0.25, 0.3) is 0 Å². The molecule has 2 heterocycles. The molecule has 0 amide bonds. The number of rotatable bonds is 6. The average Bonchev–Trinajstić information content (AvgIpc) is 3.26. The fraction of sp³-hybridized carbons (Fsp3) is 0.227. The minimum atomic E-state index is -0.682. The number of nitrogens with zero attached hydrogens (tertiary/aromatic N) is 2. The summed E-state index contributed by atoms with van der Waals surface area (Å²) in [7, 11) is 3.12. The molecule has 0 unspecified atom stereocenters. The zero-order valence-electron chi connectivity index (χ0n) is 17.1. The van der Waals surface area contributed by atoms with Crippen LogP contribution in [0.5, 0.6) is 17.4 Å². The van der Waals surface area contributed by atoms with Crippen molar-refractivity contribution in [3.05, 3.63) is 86.1 Å². The smallest absolute Gasteiger partial charge is 0.331 e. The van der Waals surface area contributed by atoms with Crippen molar-refractivity contribution >= 4 is 5.71 Å². The van der Waals surface area contributed by atoms with Crippen LogP contribution in [-0.2, 0) is 6.54 Å². The molecule has 1 aliphatic heterocycles. The molecule has 4 rings (SSSR count). The summed E-state index contributed by atoms with van der Waals surface area (Å²) in [6, 6.07) is 14.5. The summed E-state index contributed by atoms with van der Waals surface area (Å²) >= 11 is 0. The maximum Gasteiger partial charge on any atom is 0.331 e. The highest BCUT2D eigenvalue weighted by Crippen LogP contribution is 2.33. The first-order valence-corrected chi connectivity index (χ1v) is 9.66. The van der Waals surface area contributed by atoms with Gasteiger partial charge < -0.3 is 20.0 Å². The number of methoxy groups -OCH3 is 2. The van der Waals surface area contributed by atoms with E-state index < -0.39 is 17.1 Å². The third-order valence-electron chi connectivity index (χ3n) is 5.21. The van der Waals surface area contributed by atoms with Crippen LogP contribution in [-0.4, -0.2) is 34.6 Å². The van der Waals surface area contributed by atoms with Crippen molar-refractivity contribution in [2.24, 2.45) is 5.10 Å². The van der Waals surface area contributed by atoms with E-state index in [9.17, 15) is 14.7 Å². The summed E-state index contributed by atoms with van der Waals surface area (Å²) in [5.41, 5.74) is 3.66. The van der Waals surface area contributed by atoms with Crippen LogP contribution in [0.15, 0.2) is 63.2 Å².